The Morgan fingerprint density at radius 3 is 2.66 bits per heavy atom. The summed E-state index contributed by atoms with van der Waals surface area (Å²) in [4.78, 5) is 4.21. The van der Waals surface area contributed by atoms with Gasteiger partial charge in [0, 0.05) is 41.6 Å². The van der Waals surface area contributed by atoms with Crippen LogP contribution in [0, 0.1) is 0 Å². The van der Waals surface area contributed by atoms with Gasteiger partial charge in [-0.2, -0.15) is 18.3 Å². The van der Waals surface area contributed by atoms with Gasteiger partial charge in [-0.05, 0) is 23.8 Å². The molecule has 0 aliphatic heterocycles. The maximum atomic E-state index is 13.0. The van der Waals surface area contributed by atoms with E-state index in [-0.39, 0.29) is 12.2 Å². The minimum atomic E-state index is -4.42. The standard InChI is InChI=1S/C21H16F3N3O2/c22-21(23,24)14-3-4-19-18(9-26-27(19)11-14)12-1-2-13-8-25-10-20(17(13)5-12)29-16-6-15(28)7-16/h1-5,8-11,15-16,28H,6-7H2. The van der Waals surface area contributed by atoms with Gasteiger partial charge in [0.2, 0.25) is 0 Å². The Morgan fingerprint density at radius 2 is 1.90 bits per heavy atom. The largest absolute Gasteiger partial charge is 0.488 e. The zero-order chi connectivity index (χ0) is 20.2. The topological polar surface area (TPSA) is 59.7 Å². The average Bonchev–Trinajstić information content (AvgIpc) is 3.09. The second kappa shape index (κ2) is 6.45. The number of aliphatic hydroxyl groups is 1. The predicted molar refractivity (Wildman–Crippen MR) is 101 cm³/mol. The smallest absolute Gasteiger partial charge is 0.417 e. The van der Waals surface area contributed by atoms with Gasteiger partial charge in [-0.25, -0.2) is 4.52 Å². The maximum absolute atomic E-state index is 13.0. The van der Waals surface area contributed by atoms with Gasteiger partial charge in [0.1, 0.15) is 11.9 Å². The van der Waals surface area contributed by atoms with Gasteiger partial charge in [0.15, 0.2) is 0 Å². The summed E-state index contributed by atoms with van der Waals surface area (Å²) in [7, 11) is 0. The Labute approximate surface area is 163 Å². The Hall–Kier alpha value is -3.13. The molecule has 4 aromatic rings. The number of nitrogens with zero attached hydrogens (tertiary/aromatic N) is 3. The summed E-state index contributed by atoms with van der Waals surface area (Å²) in [6.07, 6.45) is 2.31. The van der Waals surface area contributed by atoms with Crippen molar-refractivity contribution in [1.29, 1.82) is 0 Å². The third kappa shape index (κ3) is 3.19. The van der Waals surface area contributed by atoms with Crippen LogP contribution in [0.3, 0.4) is 0 Å². The molecule has 1 N–H and O–H groups in total. The van der Waals surface area contributed by atoms with E-state index in [9.17, 15) is 18.3 Å². The summed E-state index contributed by atoms with van der Waals surface area (Å²) in [5.41, 5.74) is 1.37. The highest BCUT2D eigenvalue weighted by atomic mass is 19.4. The van der Waals surface area contributed by atoms with E-state index in [0.29, 0.717) is 24.1 Å². The van der Waals surface area contributed by atoms with E-state index in [4.69, 9.17) is 4.74 Å². The molecule has 5 rings (SSSR count). The van der Waals surface area contributed by atoms with Crippen LogP contribution in [-0.2, 0) is 6.18 Å². The molecule has 1 aliphatic rings. The molecule has 0 saturated heterocycles. The van der Waals surface area contributed by atoms with Gasteiger partial charge >= 0.3 is 6.18 Å². The van der Waals surface area contributed by atoms with Crippen molar-refractivity contribution in [2.45, 2.75) is 31.2 Å². The van der Waals surface area contributed by atoms with Crippen LogP contribution in [0.15, 0.2) is 55.1 Å². The number of ether oxygens (including phenoxy) is 1. The summed E-state index contributed by atoms with van der Waals surface area (Å²) >= 11 is 0. The van der Waals surface area contributed by atoms with Gasteiger partial charge in [-0.3, -0.25) is 4.98 Å². The van der Waals surface area contributed by atoms with Crippen LogP contribution in [0.2, 0.25) is 0 Å². The van der Waals surface area contributed by atoms with Crippen molar-refractivity contribution in [2.75, 3.05) is 0 Å². The molecule has 3 heterocycles. The van der Waals surface area contributed by atoms with E-state index in [1.807, 2.05) is 18.2 Å². The molecule has 0 spiro atoms. The molecule has 1 aliphatic carbocycles. The number of hydrogen-bond donors (Lipinski definition) is 1. The number of benzene rings is 1. The number of halogens is 3. The highest BCUT2D eigenvalue weighted by Gasteiger charge is 2.31. The first-order chi connectivity index (χ1) is 13.9. The van der Waals surface area contributed by atoms with Gasteiger partial charge in [-0.1, -0.05) is 12.1 Å². The lowest BCUT2D eigenvalue weighted by atomic mass is 9.92. The third-order valence-electron chi connectivity index (χ3n) is 5.24. The first-order valence-electron chi connectivity index (χ1n) is 9.16. The number of fused-ring (bicyclic) bond motifs is 2. The van der Waals surface area contributed by atoms with Crippen molar-refractivity contribution in [2.24, 2.45) is 0 Å². The van der Waals surface area contributed by atoms with E-state index < -0.39 is 11.7 Å². The monoisotopic (exact) mass is 399 g/mol. The molecule has 1 fully saturated rings. The lowest BCUT2D eigenvalue weighted by molar-refractivity contribution is -0.137. The first kappa shape index (κ1) is 17.9. The molecule has 3 aromatic heterocycles. The van der Waals surface area contributed by atoms with Gasteiger partial charge < -0.3 is 9.84 Å². The Bertz CT molecular complexity index is 1210. The molecule has 0 radical (unpaired) electrons. The fourth-order valence-corrected chi connectivity index (χ4v) is 3.59. The van der Waals surface area contributed by atoms with E-state index in [1.165, 1.54) is 10.6 Å². The molecule has 29 heavy (non-hydrogen) atoms. The van der Waals surface area contributed by atoms with Crippen LogP contribution in [-0.4, -0.2) is 31.9 Å². The number of pyridine rings is 2. The molecule has 1 saturated carbocycles. The Balaban J connectivity index is 1.56. The van der Waals surface area contributed by atoms with Crippen molar-refractivity contribution in [3.8, 4) is 16.9 Å². The molecular weight excluding hydrogens is 383 g/mol. The fraction of sp³-hybridized carbons (Fsp3) is 0.238. The minimum absolute atomic E-state index is 0.0428. The summed E-state index contributed by atoms with van der Waals surface area (Å²) < 4.78 is 46.1. The van der Waals surface area contributed by atoms with Crippen LogP contribution in [0.4, 0.5) is 13.2 Å². The highest BCUT2D eigenvalue weighted by Crippen LogP contribution is 2.35. The quantitative estimate of drug-likeness (QED) is 0.552. The first-order valence-corrected chi connectivity index (χ1v) is 9.16. The summed E-state index contributed by atoms with van der Waals surface area (Å²) in [6, 6.07) is 8.19. The van der Waals surface area contributed by atoms with Gasteiger partial charge in [-0.15, -0.1) is 0 Å². The average molecular weight is 399 g/mol. The normalized spacial score (nSPS) is 19.4. The molecule has 5 nitrogen and oxygen atoms in total. The molecular formula is C21H16F3N3O2. The Kier molecular flexibility index (Phi) is 3.99. The van der Waals surface area contributed by atoms with Crippen LogP contribution in [0.25, 0.3) is 27.4 Å². The van der Waals surface area contributed by atoms with Crippen molar-refractivity contribution in [3.63, 3.8) is 0 Å². The summed E-state index contributed by atoms with van der Waals surface area (Å²) in [6.45, 7) is 0. The van der Waals surface area contributed by atoms with Gasteiger partial charge in [0.05, 0.1) is 29.6 Å². The van der Waals surface area contributed by atoms with Crippen LogP contribution >= 0.6 is 0 Å². The van der Waals surface area contributed by atoms with E-state index in [2.05, 4.69) is 10.1 Å². The molecule has 0 amide bonds. The van der Waals surface area contributed by atoms with Crippen LogP contribution < -0.4 is 4.74 Å². The molecule has 0 bridgehead atoms. The number of aromatic nitrogens is 3. The lowest BCUT2D eigenvalue weighted by Crippen LogP contribution is -2.37. The van der Waals surface area contributed by atoms with Crippen molar-refractivity contribution in [3.05, 3.63) is 60.7 Å². The van der Waals surface area contributed by atoms with E-state index >= 15 is 0 Å². The lowest BCUT2D eigenvalue weighted by Gasteiger charge is -2.31. The van der Waals surface area contributed by atoms with Gasteiger partial charge in [0.25, 0.3) is 0 Å². The summed E-state index contributed by atoms with van der Waals surface area (Å²) in [5, 5.41) is 15.3. The fourth-order valence-electron chi connectivity index (χ4n) is 3.59. The third-order valence-corrected chi connectivity index (χ3v) is 5.24. The molecule has 0 atom stereocenters. The van der Waals surface area contributed by atoms with Crippen molar-refractivity contribution < 1.29 is 23.0 Å². The van der Waals surface area contributed by atoms with Crippen LogP contribution in [0.5, 0.6) is 5.75 Å². The second-order valence-electron chi connectivity index (χ2n) is 7.24. The Morgan fingerprint density at radius 1 is 1.07 bits per heavy atom. The zero-order valence-corrected chi connectivity index (χ0v) is 15.1. The zero-order valence-electron chi connectivity index (χ0n) is 15.1. The van der Waals surface area contributed by atoms with Crippen molar-refractivity contribution in [1.82, 2.24) is 14.6 Å². The van der Waals surface area contributed by atoms with Crippen LogP contribution in [0.1, 0.15) is 18.4 Å². The molecule has 148 valence electrons. The number of aliphatic hydroxyl groups excluding tert-OH is 1. The summed E-state index contributed by atoms with van der Waals surface area (Å²) in [5.74, 6) is 0.622. The number of hydrogen-bond acceptors (Lipinski definition) is 4. The van der Waals surface area contributed by atoms with E-state index in [0.717, 1.165) is 34.2 Å². The highest BCUT2D eigenvalue weighted by molar-refractivity contribution is 5.93. The maximum Gasteiger partial charge on any atom is 0.417 e. The second-order valence-corrected chi connectivity index (χ2v) is 7.24. The molecule has 0 unspecified atom stereocenters. The SMILES string of the molecule is OC1CC(Oc2cncc3ccc(-c4cnn5cc(C(F)(F)F)ccc45)cc23)C1. The molecule has 1 aromatic carbocycles. The van der Waals surface area contributed by atoms with E-state index in [1.54, 1.807) is 18.6 Å². The minimum Gasteiger partial charge on any atom is -0.488 e. The van der Waals surface area contributed by atoms with Crippen molar-refractivity contribution >= 4 is 16.3 Å². The number of rotatable bonds is 3. The molecule has 8 heteroatoms. The predicted octanol–water partition coefficient (Wildman–Crippen LogP) is 4.47. The number of alkyl halides is 3.